The van der Waals surface area contributed by atoms with E-state index in [1.165, 1.54) is 20.8 Å². The molecule has 23 heavy (non-hydrogen) atoms. The van der Waals surface area contributed by atoms with Crippen LogP contribution in [-0.4, -0.2) is 30.4 Å². The van der Waals surface area contributed by atoms with Gasteiger partial charge in [-0.05, 0) is 25.1 Å². The van der Waals surface area contributed by atoms with Gasteiger partial charge in [-0.1, -0.05) is 6.58 Å². The lowest BCUT2D eigenvalue weighted by atomic mass is 9.99. The van der Waals surface area contributed by atoms with Gasteiger partial charge in [0.25, 0.3) is 0 Å². The van der Waals surface area contributed by atoms with Crippen LogP contribution in [0.15, 0.2) is 30.4 Å². The van der Waals surface area contributed by atoms with Gasteiger partial charge in [0.05, 0.1) is 0 Å². The Morgan fingerprint density at radius 3 is 2.43 bits per heavy atom. The van der Waals surface area contributed by atoms with Crippen molar-refractivity contribution in [3.8, 4) is 5.75 Å². The number of esters is 2. The van der Waals surface area contributed by atoms with Crippen molar-refractivity contribution >= 4 is 17.7 Å². The Kier molecular flexibility index (Phi) is 4.83. The van der Waals surface area contributed by atoms with E-state index in [9.17, 15) is 14.4 Å². The molecule has 1 aromatic rings. The molecule has 0 saturated heterocycles. The molecule has 6 heteroatoms. The minimum Gasteiger partial charge on any atom is -0.481 e. The van der Waals surface area contributed by atoms with E-state index in [1.807, 2.05) is 0 Å². The summed E-state index contributed by atoms with van der Waals surface area (Å²) in [5, 5.41) is 0. The summed E-state index contributed by atoms with van der Waals surface area (Å²) in [6, 6.07) is 4.94. The monoisotopic (exact) mass is 318 g/mol. The summed E-state index contributed by atoms with van der Waals surface area (Å²) in [7, 11) is 0. The predicted octanol–water partition coefficient (Wildman–Crippen LogP) is 2.37. The van der Waals surface area contributed by atoms with Crippen molar-refractivity contribution in [2.45, 2.75) is 33.0 Å². The second-order valence-corrected chi connectivity index (χ2v) is 5.32. The summed E-state index contributed by atoms with van der Waals surface area (Å²) in [6.45, 7) is 7.85. The molecule has 1 aromatic carbocycles. The van der Waals surface area contributed by atoms with E-state index in [0.717, 1.165) is 0 Å². The first-order chi connectivity index (χ1) is 10.8. The van der Waals surface area contributed by atoms with Gasteiger partial charge in [0.15, 0.2) is 18.0 Å². The molecule has 2 atom stereocenters. The standard InChI is InChI=1S/C17H18O6/c1-9(8-21-11(3)19)16-17(22-12(4)20)14-7-13(10(2)18)5-6-15(14)23-16/h5-7,16-17H,1,8H2,2-4H3/t16-,17+/m1/s1. The highest BCUT2D eigenvalue weighted by molar-refractivity contribution is 5.94. The quantitative estimate of drug-likeness (QED) is 0.471. The van der Waals surface area contributed by atoms with Gasteiger partial charge in [0.2, 0.25) is 0 Å². The van der Waals surface area contributed by atoms with E-state index >= 15 is 0 Å². The number of ketones is 1. The summed E-state index contributed by atoms with van der Waals surface area (Å²) in [6.07, 6.45) is -1.40. The molecule has 1 aliphatic heterocycles. The van der Waals surface area contributed by atoms with E-state index in [-0.39, 0.29) is 12.4 Å². The summed E-state index contributed by atoms with van der Waals surface area (Å²) in [5.41, 5.74) is 1.56. The molecule has 0 spiro atoms. The lowest BCUT2D eigenvalue weighted by Gasteiger charge is -2.20. The van der Waals surface area contributed by atoms with Crippen LogP contribution in [0.3, 0.4) is 0 Å². The van der Waals surface area contributed by atoms with E-state index in [2.05, 4.69) is 6.58 Å². The van der Waals surface area contributed by atoms with Crippen LogP contribution in [0.5, 0.6) is 5.75 Å². The van der Waals surface area contributed by atoms with E-state index in [4.69, 9.17) is 14.2 Å². The average Bonchev–Trinajstić information content (AvgIpc) is 2.82. The fourth-order valence-corrected chi connectivity index (χ4v) is 2.34. The average molecular weight is 318 g/mol. The summed E-state index contributed by atoms with van der Waals surface area (Å²) in [5.74, 6) is -0.513. The predicted molar refractivity (Wildman–Crippen MR) is 81.1 cm³/mol. The molecule has 0 radical (unpaired) electrons. The second-order valence-electron chi connectivity index (χ2n) is 5.32. The van der Waals surface area contributed by atoms with Crippen LogP contribution in [0.4, 0.5) is 0 Å². The zero-order valence-electron chi connectivity index (χ0n) is 13.3. The normalized spacial score (nSPS) is 18.6. The number of rotatable bonds is 5. The van der Waals surface area contributed by atoms with Crippen LogP contribution in [0, 0.1) is 0 Å². The number of carbonyl (C=O) groups is 3. The summed E-state index contributed by atoms with van der Waals surface area (Å²) < 4.78 is 16.0. The van der Waals surface area contributed by atoms with Gasteiger partial charge in [-0.3, -0.25) is 14.4 Å². The van der Waals surface area contributed by atoms with E-state index in [1.54, 1.807) is 18.2 Å². The molecule has 0 aliphatic carbocycles. The first kappa shape index (κ1) is 16.7. The van der Waals surface area contributed by atoms with Crippen molar-refractivity contribution < 1.29 is 28.6 Å². The molecule has 6 nitrogen and oxygen atoms in total. The smallest absolute Gasteiger partial charge is 0.303 e. The zero-order chi connectivity index (χ0) is 17.1. The van der Waals surface area contributed by atoms with Gasteiger partial charge in [-0.2, -0.15) is 0 Å². The van der Waals surface area contributed by atoms with Crippen molar-refractivity contribution in [3.05, 3.63) is 41.5 Å². The van der Waals surface area contributed by atoms with Gasteiger partial charge in [0.1, 0.15) is 12.4 Å². The highest BCUT2D eigenvalue weighted by Crippen LogP contribution is 2.42. The van der Waals surface area contributed by atoms with Gasteiger partial charge < -0.3 is 14.2 Å². The third kappa shape index (κ3) is 3.77. The largest absolute Gasteiger partial charge is 0.481 e. The van der Waals surface area contributed by atoms with Crippen molar-refractivity contribution in [2.24, 2.45) is 0 Å². The van der Waals surface area contributed by atoms with E-state index in [0.29, 0.717) is 22.4 Å². The number of hydrogen-bond donors (Lipinski definition) is 0. The first-order valence-corrected chi connectivity index (χ1v) is 7.09. The third-order valence-electron chi connectivity index (χ3n) is 3.41. The Bertz CT molecular complexity index is 676. The lowest BCUT2D eigenvalue weighted by Crippen LogP contribution is -2.27. The van der Waals surface area contributed by atoms with Gasteiger partial charge in [-0.25, -0.2) is 0 Å². The second kappa shape index (κ2) is 6.64. The van der Waals surface area contributed by atoms with Crippen LogP contribution in [-0.2, 0) is 19.1 Å². The maximum absolute atomic E-state index is 11.5. The summed E-state index contributed by atoms with van der Waals surface area (Å²) in [4.78, 5) is 33.9. The topological polar surface area (TPSA) is 78.9 Å². The van der Waals surface area contributed by atoms with Crippen molar-refractivity contribution in [1.82, 2.24) is 0 Å². The van der Waals surface area contributed by atoms with Gasteiger partial charge >= 0.3 is 11.9 Å². The highest BCUT2D eigenvalue weighted by Gasteiger charge is 2.39. The Labute approximate surface area is 134 Å². The Balaban J connectivity index is 2.30. The minimum atomic E-state index is -0.732. The Morgan fingerprint density at radius 1 is 1.17 bits per heavy atom. The number of ether oxygens (including phenoxy) is 3. The van der Waals surface area contributed by atoms with Crippen LogP contribution >= 0.6 is 0 Å². The number of Topliss-reactive ketones (excluding diaryl/α,β-unsaturated/α-hetero) is 1. The molecule has 0 N–H and O–H groups in total. The maximum Gasteiger partial charge on any atom is 0.303 e. The minimum absolute atomic E-state index is 0.0364. The summed E-state index contributed by atoms with van der Waals surface area (Å²) >= 11 is 0. The van der Waals surface area contributed by atoms with Crippen LogP contribution in [0.25, 0.3) is 0 Å². The van der Waals surface area contributed by atoms with Crippen LogP contribution in [0.1, 0.15) is 42.8 Å². The molecule has 2 rings (SSSR count). The maximum atomic E-state index is 11.5. The fourth-order valence-electron chi connectivity index (χ4n) is 2.34. The molecule has 1 heterocycles. The van der Waals surface area contributed by atoms with Crippen molar-refractivity contribution in [1.29, 1.82) is 0 Å². The number of benzene rings is 1. The molecular weight excluding hydrogens is 300 g/mol. The molecule has 0 aromatic heterocycles. The first-order valence-electron chi connectivity index (χ1n) is 7.09. The Morgan fingerprint density at radius 2 is 1.87 bits per heavy atom. The zero-order valence-corrected chi connectivity index (χ0v) is 13.3. The van der Waals surface area contributed by atoms with Gasteiger partial charge in [0, 0.05) is 30.5 Å². The molecule has 0 saturated carbocycles. The lowest BCUT2D eigenvalue weighted by molar-refractivity contribution is -0.150. The van der Waals surface area contributed by atoms with Crippen molar-refractivity contribution in [2.75, 3.05) is 6.61 Å². The van der Waals surface area contributed by atoms with Crippen molar-refractivity contribution in [3.63, 3.8) is 0 Å². The molecule has 0 amide bonds. The Hall–Kier alpha value is -2.63. The molecule has 1 aliphatic rings. The number of carbonyl (C=O) groups excluding carboxylic acids is 3. The fraction of sp³-hybridized carbons (Fsp3) is 0.353. The number of hydrogen-bond acceptors (Lipinski definition) is 6. The SMILES string of the molecule is C=C(COC(C)=O)[C@H]1Oc2ccc(C(C)=O)cc2[C@@H]1OC(C)=O. The third-order valence-corrected chi connectivity index (χ3v) is 3.41. The van der Waals surface area contributed by atoms with E-state index < -0.39 is 24.1 Å². The molecule has 122 valence electrons. The highest BCUT2D eigenvalue weighted by atomic mass is 16.6. The molecular formula is C17H18O6. The molecule has 0 unspecified atom stereocenters. The molecule has 0 bridgehead atoms. The van der Waals surface area contributed by atoms with Gasteiger partial charge in [-0.15, -0.1) is 0 Å². The van der Waals surface area contributed by atoms with Crippen LogP contribution < -0.4 is 4.74 Å². The van der Waals surface area contributed by atoms with Crippen LogP contribution in [0.2, 0.25) is 0 Å². The molecule has 0 fully saturated rings. The number of fused-ring (bicyclic) bond motifs is 1.